The Kier molecular flexibility index (Phi) is 8.15. The van der Waals surface area contributed by atoms with E-state index < -0.39 is 0 Å². The number of amides is 2. The van der Waals surface area contributed by atoms with E-state index in [4.69, 9.17) is 4.74 Å². The molecule has 1 aromatic carbocycles. The highest BCUT2D eigenvalue weighted by molar-refractivity contribution is 6.03. The molecular formula is C34H36N8O3. The number of ether oxygens (including phenoxy) is 1. The van der Waals surface area contributed by atoms with Crippen LogP contribution in [0.1, 0.15) is 48.7 Å². The normalized spacial score (nSPS) is 21.3. The number of aromatic amines is 1. The molecule has 4 aromatic rings. The molecule has 0 spiro atoms. The van der Waals surface area contributed by atoms with Crippen LogP contribution in [0.3, 0.4) is 0 Å². The molecule has 3 N–H and O–H groups in total. The topological polar surface area (TPSA) is 128 Å². The zero-order chi connectivity index (χ0) is 30.8. The number of anilines is 2. The molecule has 3 aromatic heterocycles. The third-order valence-corrected chi connectivity index (χ3v) is 8.89. The molecule has 45 heavy (non-hydrogen) atoms. The molecule has 0 aliphatic carbocycles. The maximum Gasteiger partial charge on any atom is 0.296 e. The first-order valence-electron chi connectivity index (χ1n) is 15.6. The summed E-state index contributed by atoms with van der Waals surface area (Å²) in [5.41, 5.74) is 4.77. The van der Waals surface area contributed by atoms with Gasteiger partial charge in [0.15, 0.2) is 0 Å². The van der Waals surface area contributed by atoms with Crippen LogP contribution in [-0.2, 0) is 16.1 Å². The van der Waals surface area contributed by atoms with Crippen molar-refractivity contribution in [2.75, 3.05) is 36.5 Å². The summed E-state index contributed by atoms with van der Waals surface area (Å²) in [4.78, 5) is 46.7. The molecule has 230 valence electrons. The van der Waals surface area contributed by atoms with Gasteiger partial charge in [-0.2, -0.15) is 0 Å². The summed E-state index contributed by atoms with van der Waals surface area (Å²) in [6.07, 6.45) is 7.46. The van der Waals surface area contributed by atoms with E-state index in [0.717, 1.165) is 85.7 Å². The van der Waals surface area contributed by atoms with Gasteiger partial charge in [-0.1, -0.05) is 18.1 Å². The SMILES string of the molecule is CC#CC(=O)N[C@@H]1CCCN(Cc2ccnc(C(=O)Nc3ccc(-c4cc5c(N6C7CCC6COC7)ncnc5[nH]4)cc3)c2)C1. The molecule has 11 heteroatoms. The van der Waals surface area contributed by atoms with Crippen molar-refractivity contribution in [3.63, 3.8) is 0 Å². The average Bonchev–Trinajstić information content (AvgIpc) is 3.59. The van der Waals surface area contributed by atoms with E-state index in [1.165, 1.54) is 0 Å². The molecule has 3 saturated heterocycles. The number of hydrogen-bond donors (Lipinski definition) is 3. The van der Waals surface area contributed by atoms with Gasteiger partial charge in [0, 0.05) is 36.7 Å². The van der Waals surface area contributed by atoms with Gasteiger partial charge in [0.2, 0.25) is 0 Å². The number of nitrogens with one attached hydrogen (secondary N) is 3. The van der Waals surface area contributed by atoms with E-state index in [-0.39, 0.29) is 17.9 Å². The minimum Gasteiger partial charge on any atom is -0.377 e. The molecule has 3 atom stereocenters. The highest BCUT2D eigenvalue weighted by atomic mass is 16.5. The van der Waals surface area contributed by atoms with Gasteiger partial charge in [0.25, 0.3) is 11.8 Å². The van der Waals surface area contributed by atoms with Crippen molar-refractivity contribution in [3.8, 4) is 23.1 Å². The third-order valence-electron chi connectivity index (χ3n) is 8.89. The maximum absolute atomic E-state index is 13.1. The lowest BCUT2D eigenvalue weighted by Gasteiger charge is -2.35. The van der Waals surface area contributed by atoms with E-state index in [9.17, 15) is 9.59 Å². The number of fused-ring (bicyclic) bond motifs is 3. The molecule has 2 unspecified atom stereocenters. The Balaban J connectivity index is 1.00. The number of H-pyrrole nitrogens is 1. The van der Waals surface area contributed by atoms with E-state index in [2.05, 4.69) is 58.3 Å². The van der Waals surface area contributed by atoms with E-state index >= 15 is 0 Å². The number of aromatic nitrogens is 4. The number of nitrogens with zero attached hydrogens (tertiary/aromatic N) is 5. The monoisotopic (exact) mass is 604 g/mol. The summed E-state index contributed by atoms with van der Waals surface area (Å²) >= 11 is 0. The first-order chi connectivity index (χ1) is 22.0. The lowest BCUT2D eigenvalue weighted by molar-refractivity contribution is -0.116. The molecule has 3 aliphatic rings. The summed E-state index contributed by atoms with van der Waals surface area (Å²) in [6, 6.07) is 14.4. The highest BCUT2D eigenvalue weighted by Crippen LogP contribution is 2.37. The van der Waals surface area contributed by atoms with Crippen molar-refractivity contribution in [1.29, 1.82) is 0 Å². The smallest absolute Gasteiger partial charge is 0.296 e. The molecule has 6 heterocycles. The fourth-order valence-corrected chi connectivity index (χ4v) is 6.80. The zero-order valence-electron chi connectivity index (χ0n) is 25.3. The largest absolute Gasteiger partial charge is 0.377 e. The number of morpholine rings is 1. The van der Waals surface area contributed by atoms with Crippen LogP contribution in [0, 0.1) is 11.8 Å². The van der Waals surface area contributed by atoms with Crippen molar-refractivity contribution < 1.29 is 14.3 Å². The third kappa shape index (κ3) is 6.25. The molecule has 0 radical (unpaired) electrons. The minimum atomic E-state index is -0.266. The van der Waals surface area contributed by atoms with Crippen LogP contribution in [0.5, 0.6) is 0 Å². The van der Waals surface area contributed by atoms with Crippen LogP contribution >= 0.6 is 0 Å². The lowest BCUT2D eigenvalue weighted by Crippen LogP contribution is -2.47. The Hall–Kier alpha value is -4.79. The second kappa shape index (κ2) is 12.7. The molecule has 3 aliphatic heterocycles. The van der Waals surface area contributed by atoms with Crippen LogP contribution in [0.2, 0.25) is 0 Å². The van der Waals surface area contributed by atoms with Crippen molar-refractivity contribution in [2.45, 2.75) is 57.3 Å². The average molecular weight is 605 g/mol. The Morgan fingerprint density at radius 2 is 1.87 bits per heavy atom. The number of piperidine rings is 1. The first kappa shape index (κ1) is 29.0. The fourth-order valence-electron chi connectivity index (χ4n) is 6.80. The molecule has 2 amide bonds. The van der Waals surface area contributed by atoms with E-state index in [0.29, 0.717) is 30.0 Å². The van der Waals surface area contributed by atoms with Gasteiger partial charge in [-0.3, -0.25) is 19.5 Å². The molecular weight excluding hydrogens is 568 g/mol. The summed E-state index contributed by atoms with van der Waals surface area (Å²) < 4.78 is 5.78. The van der Waals surface area contributed by atoms with Gasteiger partial charge in [-0.15, -0.1) is 0 Å². The lowest BCUT2D eigenvalue weighted by atomic mass is 10.0. The van der Waals surface area contributed by atoms with Gasteiger partial charge < -0.3 is 25.3 Å². The second-order valence-electron chi connectivity index (χ2n) is 12.0. The van der Waals surface area contributed by atoms with Gasteiger partial charge in [-0.05, 0) is 86.5 Å². The van der Waals surface area contributed by atoms with Crippen LogP contribution in [0.25, 0.3) is 22.3 Å². The maximum atomic E-state index is 13.1. The Bertz CT molecular complexity index is 1760. The van der Waals surface area contributed by atoms with Crippen molar-refractivity contribution >= 4 is 34.4 Å². The fraction of sp³-hybridized carbons (Fsp3) is 0.382. The number of rotatable bonds is 7. The number of carbonyl (C=O) groups is 2. The van der Waals surface area contributed by atoms with E-state index in [1.54, 1.807) is 19.4 Å². The van der Waals surface area contributed by atoms with E-state index in [1.807, 2.05) is 36.4 Å². The first-order valence-corrected chi connectivity index (χ1v) is 15.6. The Morgan fingerprint density at radius 3 is 2.67 bits per heavy atom. The van der Waals surface area contributed by atoms with Crippen LogP contribution in [-0.4, -0.2) is 81.1 Å². The predicted octanol–water partition coefficient (Wildman–Crippen LogP) is 3.74. The highest BCUT2D eigenvalue weighted by Gasteiger charge is 2.39. The standard InChI is InChI=1S/C34H36N8O3/c1-2-4-31(43)38-25-5-3-14-41(18-25)17-22-12-13-35-30(15-22)34(44)39-24-8-6-23(7-9-24)29-16-28-32(40-29)36-21-37-33(28)42-26-10-11-27(42)20-45-19-26/h6-9,12-13,15-16,21,25-27H,3,5,10-11,14,17-20H2,1H3,(H,38,43)(H,39,44)(H,36,37,40)/t25-,26?,27?/m1/s1. The van der Waals surface area contributed by atoms with Crippen LogP contribution in [0.15, 0.2) is 55.0 Å². The predicted molar refractivity (Wildman–Crippen MR) is 172 cm³/mol. The molecule has 7 rings (SSSR count). The molecule has 3 fully saturated rings. The number of carbonyl (C=O) groups excluding carboxylic acids is 2. The van der Waals surface area contributed by atoms with Crippen molar-refractivity contribution in [2.24, 2.45) is 0 Å². The molecule has 0 saturated carbocycles. The number of hydrogen-bond acceptors (Lipinski definition) is 8. The van der Waals surface area contributed by atoms with Crippen LogP contribution < -0.4 is 15.5 Å². The van der Waals surface area contributed by atoms with Gasteiger partial charge in [0.1, 0.15) is 23.5 Å². The summed E-state index contributed by atoms with van der Waals surface area (Å²) in [7, 11) is 0. The summed E-state index contributed by atoms with van der Waals surface area (Å²) in [5.74, 6) is 5.65. The second-order valence-corrected chi connectivity index (χ2v) is 12.0. The summed E-state index contributed by atoms with van der Waals surface area (Å²) in [6.45, 7) is 5.48. The van der Waals surface area contributed by atoms with Gasteiger partial charge in [-0.25, -0.2) is 9.97 Å². The molecule has 11 nitrogen and oxygen atoms in total. The molecule has 2 bridgehead atoms. The number of benzene rings is 1. The van der Waals surface area contributed by atoms with Gasteiger partial charge in [0.05, 0.1) is 30.7 Å². The zero-order valence-corrected chi connectivity index (χ0v) is 25.3. The summed E-state index contributed by atoms with van der Waals surface area (Å²) in [5, 5.41) is 6.97. The number of likely N-dealkylation sites (tertiary alicyclic amines) is 1. The van der Waals surface area contributed by atoms with Crippen LogP contribution in [0.4, 0.5) is 11.5 Å². The van der Waals surface area contributed by atoms with Gasteiger partial charge >= 0.3 is 0 Å². The van der Waals surface area contributed by atoms with Crippen molar-refractivity contribution in [1.82, 2.24) is 30.2 Å². The van der Waals surface area contributed by atoms with Crippen molar-refractivity contribution in [3.05, 3.63) is 66.2 Å². The Morgan fingerprint density at radius 1 is 1.04 bits per heavy atom. The Labute approximate surface area is 261 Å². The quantitative estimate of drug-likeness (QED) is 0.272. The minimum absolute atomic E-state index is 0.0684. The number of pyridine rings is 1.